The third kappa shape index (κ3) is 5.50. The molecule has 2 saturated heterocycles. The molecule has 0 aromatic rings. The lowest BCUT2D eigenvalue weighted by Crippen LogP contribution is -2.49. The topological polar surface area (TPSA) is 53.6 Å². The third-order valence-electron chi connectivity index (χ3n) is 5.39. The summed E-state index contributed by atoms with van der Waals surface area (Å²) >= 11 is 0. The molecule has 2 aliphatic heterocycles. The average Bonchev–Trinajstić information content (AvgIpc) is 3.09. The zero-order valence-corrected chi connectivity index (χ0v) is 14.1. The van der Waals surface area contributed by atoms with Gasteiger partial charge >= 0.3 is 6.03 Å². The van der Waals surface area contributed by atoms with Gasteiger partial charge in [-0.2, -0.15) is 0 Å². The summed E-state index contributed by atoms with van der Waals surface area (Å²) in [7, 11) is 0. The molecule has 2 fully saturated rings. The first kappa shape index (κ1) is 16.8. The summed E-state index contributed by atoms with van der Waals surface area (Å²) in [6.07, 6.45) is 11.3. The lowest BCUT2D eigenvalue weighted by Gasteiger charge is -2.33. The van der Waals surface area contributed by atoms with Crippen molar-refractivity contribution in [2.45, 2.75) is 44.6 Å². The van der Waals surface area contributed by atoms with Crippen LogP contribution in [0.25, 0.3) is 0 Å². The average molecular weight is 321 g/mol. The molecule has 2 amide bonds. The number of amides is 2. The Kier molecular flexibility index (Phi) is 6.34. The molecule has 3 rings (SSSR count). The van der Waals surface area contributed by atoms with Gasteiger partial charge < -0.3 is 20.3 Å². The summed E-state index contributed by atoms with van der Waals surface area (Å²) in [6, 6.07) is 0.347. The van der Waals surface area contributed by atoms with E-state index in [1.807, 2.05) is 0 Å². The van der Waals surface area contributed by atoms with Gasteiger partial charge in [-0.15, -0.1) is 0 Å². The molecule has 0 aromatic carbocycles. The number of urea groups is 1. The third-order valence-corrected chi connectivity index (χ3v) is 5.39. The quantitative estimate of drug-likeness (QED) is 0.763. The van der Waals surface area contributed by atoms with Crippen LogP contribution in [-0.2, 0) is 4.74 Å². The second kappa shape index (κ2) is 8.69. The molecule has 130 valence electrons. The molecule has 1 aliphatic carbocycles. The highest BCUT2D eigenvalue weighted by Crippen LogP contribution is 2.18. The number of ether oxygens (including phenoxy) is 1. The summed E-state index contributed by atoms with van der Waals surface area (Å²) < 4.78 is 5.45. The summed E-state index contributed by atoms with van der Waals surface area (Å²) in [5, 5.41) is 6.21. The molecule has 3 aliphatic rings. The van der Waals surface area contributed by atoms with Crippen molar-refractivity contribution >= 4 is 6.03 Å². The van der Waals surface area contributed by atoms with E-state index in [2.05, 4.69) is 27.7 Å². The molecule has 0 radical (unpaired) electrons. The number of carbonyl (C=O) groups excluding carboxylic acids is 1. The second-order valence-corrected chi connectivity index (χ2v) is 7.31. The number of hydrogen-bond acceptors (Lipinski definition) is 3. The molecule has 23 heavy (non-hydrogen) atoms. The zero-order chi connectivity index (χ0) is 15.9. The lowest BCUT2D eigenvalue weighted by atomic mass is 9.94. The second-order valence-electron chi connectivity index (χ2n) is 7.31. The van der Waals surface area contributed by atoms with E-state index in [9.17, 15) is 4.79 Å². The first-order valence-electron chi connectivity index (χ1n) is 9.29. The van der Waals surface area contributed by atoms with E-state index in [1.54, 1.807) is 0 Å². The summed E-state index contributed by atoms with van der Waals surface area (Å²) in [6.45, 7) is 6.01. The highest BCUT2D eigenvalue weighted by molar-refractivity contribution is 5.74. The Hall–Kier alpha value is -1.07. The fraction of sp³-hybridized carbons (Fsp3) is 0.833. The van der Waals surface area contributed by atoms with Crippen molar-refractivity contribution in [3.05, 3.63) is 12.2 Å². The Labute approximate surface area is 139 Å². The van der Waals surface area contributed by atoms with Crippen LogP contribution in [0, 0.1) is 11.8 Å². The monoisotopic (exact) mass is 321 g/mol. The van der Waals surface area contributed by atoms with E-state index >= 15 is 0 Å². The van der Waals surface area contributed by atoms with Crippen LogP contribution in [0.1, 0.15) is 38.5 Å². The number of nitrogens with one attached hydrogen (secondary N) is 2. The molecule has 0 aromatic heterocycles. The lowest BCUT2D eigenvalue weighted by molar-refractivity contribution is 0.147. The molecular formula is C18H31N3O2. The molecule has 2 atom stereocenters. The molecular weight excluding hydrogens is 290 g/mol. The first-order chi connectivity index (χ1) is 11.3. The largest absolute Gasteiger partial charge is 0.381 e. The van der Waals surface area contributed by atoms with Gasteiger partial charge in [-0.05, 0) is 50.4 Å². The predicted molar refractivity (Wildman–Crippen MR) is 91.4 cm³/mol. The SMILES string of the molecule is O=C(NCC1CC=CCC1)NC1CCN(CC2CCOC2)CC1. The minimum Gasteiger partial charge on any atom is -0.381 e. The molecule has 2 unspecified atom stereocenters. The Balaban J connectivity index is 1.28. The van der Waals surface area contributed by atoms with E-state index in [0.29, 0.717) is 17.9 Å². The van der Waals surface area contributed by atoms with Crippen LogP contribution in [0.15, 0.2) is 12.2 Å². The van der Waals surface area contributed by atoms with Gasteiger partial charge in [0.15, 0.2) is 0 Å². The van der Waals surface area contributed by atoms with Crippen molar-refractivity contribution < 1.29 is 9.53 Å². The molecule has 0 saturated carbocycles. The summed E-state index contributed by atoms with van der Waals surface area (Å²) in [4.78, 5) is 14.6. The number of likely N-dealkylation sites (tertiary alicyclic amines) is 1. The van der Waals surface area contributed by atoms with Crippen molar-refractivity contribution in [1.29, 1.82) is 0 Å². The minimum absolute atomic E-state index is 0.0159. The van der Waals surface area contributed by atoms with Gasteiger partial charge in [0.2, 0.25) is 0 Å². The van der Waals surface area contributed by atoms with Gasteiger partial charge in [-0.1, -0.05) is 12.2 Å². The van der Waals surface area contributed by atoms with Gasteiger partial charge in [0.05, 0.1) is 6.61 Å². The maximum absolute atomic E-state index is 12.0. The van der Waals surface area contributed by atoms with E-state index in [0.717, 1.165) is 65.1 Å². The Morgan fingerprint density at radius 1 is 1.13 bits per heavy atom. The van der Waals surface area contributed by atoms with Gasteiger partial charge in [-0.3, -0.25) is 0 Å². The van der Waals surface area contributed by atoms with Crippen LogP contribution in [0.5, 0.6) is 0 Å². The number of piperidine rings is 1. The molecule has 0 spiro atoms. The van der Waals surface area contributed by atoms with Gasteiger partial charge in [0.1, 0.15) is 0 Å². The van der Waals surface area contributed by atoms with E-state index in [1.165, 1.54) is 12.8 Å². The minimum atomic E-state index is 0.0159. The molecule has 2 heterocycles. The van der Waals surface area contributed by atoms with Crippen LogP contribution in [0.2, 0.25) is 0 Å². The van der Waals surface area contributed by atoms with Crippen molar-refractivity contribution in [2.75, 3.05) is 39.4 Å². The van der Waals surface area contributed by atoms with Crippen molar-refractivity contribution in [3.63, 3.8) is 0 Å². The fourth-order valence-electron chi connectivity index (χ4n) is 3.87. The fourth-order valence-corrected chi connectivity index (χ4v) is 3.87. The molecule has 5 nitrogen and oxygen atoms in total. The maximum atomic E-state index is 12.0. The maximum Gasteiger partial charge on any atom is 0.315 e. The van der Waals surface area contributed by atoms with Crippen LogP contribution in [0.4, 0.5) is 4.79 Å². The number of allylic oxidation sites excluding steroid dienone is 2. The Bertz CT molecular complexity index is 399. The molecule has 0 bridgehead atoms. The summed E-state index contributed by atoms with van der Waals surface area (Å²) in [5.74, 6) is 1.33. The van der Waals surface area contributed by atoms with Crippen LogP contribution in [0.3, 0.4) is 0 Å². The summed E-state index contributed by atoms with van der Waals surface area (Å²) in [5.41, 5.74) is 0. The molecule has 2 N–H and O–H groups in total. The zero-order valence-electron chi connectivity index (χ0n) is 14.1. The van der Waals surface area contributed by atoms with Crippen LogP contribution in [-0.4, -0.2) is 56.4 Å². The number of nitrogens with zero attached hydrogens (tertiary/aromatic N) is 1. The van der Waals surface area contributed by atoms with Crippen LogP contribution >= 0.6 is 0 Å². The van der Waals surface area contributed by atoms with Crippen molar-refractivity contribution in [1.82, 2.24) is 15.5 Å². The van der Waals surface area contributed by atoms with Crippen molar-refractivity contribution in [3.8, 4) is 0 Å². The van der Waals surface area contributed by atoms with E-state index < -0.39 is 0 Å². The van der Waals surface area contributed by atoms with E-state index in [-0.39, 0.29) is 6.03 Å². The number of hydrogen-bond donors (Lipinski definition) is 2. The highest BCUT2D eigenvalue weighted by atomic mass is 16.5. The highest BCUT2D eigenvalue weighted by Gasteiger charge is 2.24. The number of rotatable bonds is 5. The first-order valence-corrected chi connectivity index (χ1v) is 9.29. The van der Waals surface area contributed by atoms with E-state index in [4.69, 9.17) is 4.74 Å². The smallest absolute Gasteiger partial charge is 0.315 e. The standard InChI is InChI=1S/C18H31N3O2/c22-18(19-12-15-4-2-1-3-5-15)20-17-6-9-21(10-7-17)13-16-8-11-23-14-16/h1-2,15-17H,3-14H2,(H2,19,20,22). The normalized spacial score (nSPS) is 29.6. The number of carbonyl (C=O) groups is 1. The molecule has 5 heteroatoms. The van der Waals surface area contributed by atoms with Crippen molar-refractivity contribution in [2.24, 2.45) is 11.8 Å². The van der Waals surface area contributed by atoms with Crippen LogP contribution < -0.4 is 10.6 Å². The predicted octanol–water partition coefficient (Wildman–Crippen LogP) is 2.14. The van der Waals surface area contributed by atoms with Gasteiger partial charge in [-0.25, -0.2) is 4.79 Å². The van der Waals surface area contributed by atoms with Gasteiger partial charge in [0.25, 0.3) is 0 Å². The Morgan fingerprint density at radius 2 is 2.00 bits per heavy atom. The van der Waals surface area contributed by atoms with Gasteiger partial charge in [0, 0.05) is 38.8 Å². The Morgan fingerprint density at radius 3 is 2.70 bits per heavy atom.